The quantitative estimate of drug-likeness (QED) is 0.213. The standard InChI is InChI=1S/C22H18N2O7S2/c23-15-2-5-21(32(26,27)28)18(10-15)12-1-4-17-13(7-12)8-14(9-20(17)25)19-11-16(24)3-6-22(19)33(29,30)31/h1-11,25H,23-24H2,(H,26,27,28)(H,29,30,31). The third kappa shape index (κ3) is 4.34. The zero-order chi connectivity index (χ0) is 24.1. The van der Waals surface area contributed by atoms with Gasteiger partial charge in [-0.2, -0.15) is 16.8 Å². The summed E-state index contributed by atoms with van der Waals surface area (Å²) in [6, 6.07) is 15.3. The van der Waals surface area contributed by atoms with Crippen molar-refractivity contribution >= 4 is 42.4 Å². The SMILES string of the molecule is Nc1ccc(S(=O)(=O)O)c(-c2ccc3c(O)cc(-c4cc(N)ccc4S(=O)(=O)O)cc3c2)c1. The molecular formula is C22H18N2O7S2. The Morgan fingerprint density at radius 3 is 1.61 bits per heavy atom. The summed E-state index contributed by atoms with van der Waals surface area (Å²) in [5, 5.41) is 11.4. The molecule has 0 atom stereocenters. The lowest BCUT2D eigenvalue weighted by atomic mass is 9.96. The van der Waals surface area contributed by atoms with Gasteiger partial charge in [-0.1, -0.05) is 12.1 Å². The molecule has 4 aromatic rings. The number of hydrogen-bond acceptors (Lipinski definition) is 7. The van der Waals surface area contributed by atoms with Crippen LogP contribution in [0.2, 0.25) is 0 Å². The Hall–Kier alpha value is -3.64. The zero-order valence-corrected chi connectivity index (χ0v) is 18.4. The van der Waals surface area contributed by atoms with Crippen LogP contribution in [0.15, 0.2) is 76.5 Å². The van der Waals surface area contributed by atoms with Gasteiger partial charge in [-0.3, -0.25) is 9.11 Å². The molecule has 0 bridgehead atoms. The van der Waals surface area contributed by atoms with Gasteiger partial charge in [-0.15, -0.1) is 0 Å². The van der Waals surface area contributed by atoms with Gasteiger partial charge >= 0.3 is 0 Å². The predicted molar refractivity (Wildman–Crippen MR) is 125 cm³/mol. The first kappa shape index (κ1) is 22.6. The number of nitrogen functional groups attached to an aromatic ring is 2. The molecule has 0 heterocycles. The van der Waals surface area contributed by atoms with Crippen LogP contribution in [0.4, 0.5) is 11.4 Å². The normalized spacial score (nSPS) is 12.2. The highest BCUT2D eigenvalue weighted by Crippen LogP contribution is 2.38. The Kier molecular flexibility index (Phi) is 5.29. The first-order valence-electron chi connectivity index (χ1n) is 9.36. The maximum atomic E-state index is 11.8. The van der Waals surface area contributed by atoms with Crippen LogP contribution < -0.4 is 11.5 Å². The van der Waals surface area contributed by atoms with Crippen LogP contribution >= 0.6 is 0 Å². The van der Waals surface area contributed by atoms with Crippen molar-refractivity contribution < 1.29 is 31.0 Å². The molecule has 0 spiro atoms. The van der Waals surface area contributed by atoms with Gasteiger partial charge < -0.3 is 16.6 Å². The number of anilines is 2. The highest BCUT2D eigenvalue weighted by Gasteiger charge is 2.20. The van der Waals surface area contributed by atoms with Gasteiger partial charge in [0.2, 0.25) is 0 Å². The molecule has 4 rings (SSSR count). The summed E-state index contributed by atoms with van der Waals surface area (Å²) < 4.78 is 66.6. The van der Waals surface area contributed by atoms with Crippen molar-refractivity contribution in [1.82, 2.24) is 0 Å². The van der Waals surface area contributed by atoms with E-state index >= 15 is 0 Å². The van der Waals surface area contributed by atoms with Crippen molar-refractivity contribution in [3.05, 3.63) is 66.7 Å². The van der Waals surface area contributed by atoms with E-state index < -0.39 is 25.1 Å². The summed E-state index contributed by atoms with van der Waals surface area (Å²) in [7, 11) is -9.14. The second-order valence-corrected chi connectivity index (χ2v) is 10.2. The van der Waals surface area contributed by atoms with Crippen molar-refractivity contribution in [2.24, 2.45) is 0 Å². The van der Waals surface area contributed by atoms with Crippen LogP contribution in [0, 0.1) is 0 Å². The molecule has 7 N–H and O–H groups in total. The van der Waals surface area contributed by atoms with E-state index in [1.54, 1.807) is 24.3 Å². The summed E-state index contributed by atoms with van der Waals surface area (Å²) in [6.45, 7) is 0. The molecule has 0 amide bonds. The van der Waals surface area contributed by atoms with E-state index in [2.05, 4.69) is 0 Å². The third-order valence-corrected chi connectivity index (χ3v) is 6.94. The predicted octanol–water partition coefficient (Wildman–Crippen LogP) is 3.54. The lowest BCUT2D eigenvalue weighted by Gasteiger charge is -2.13. The smallest absolute Gasteiger partial charge is 0.295 e. The molecule has 4 aromatic carbocycles. The fraction of sp³-hybridized carbons (Fsp3) is 0. The van der Waals surface area contributed by atoms with Crippen LogP contribution in [-0.2, 0) is 20.2 Å². The average molecular weight is 487 g/mol. The lowest BCUT2D eigenvalue weighted by Crippen LogP contribution is -2.02. The summed E-state index contributed by atoms with van der Waals surface area (Å²) in [4.78, 5) is -0.739. The average Bonchev–Trinajstić information content (AvgIpc) is 2.71. The molecule has 0 fully saturated rings. The number of aromatic hydroxyl groups is 1. The molecular weight excluding hydrogens is 468 g/mol. The molecule has 11 heteroatoms. The molecule has 0 aliphatic carbocycles. The lowest BCUT2D eigenvalue weighted by molar-refractivity contribution is 0.480. The van der Waals surface area contributed by atoms with E-state index in [0.29, 0.717) is 16.3 Å². The second-order valence-electron chi connectivity index (χ2n) is 7.39. The van der Waals surface area contributed by atoms with Crippen LogP contribution in [-0.4, -0.2) is 31.0 Å². The van der Waals surface area contributed by atoms with Crippen LogP contribution in [0.1, 0.15) is 0 Å². The fourth-order valence-corrected chi connectivity index (χ4v) is 5.06. The molecule has 0 aliphatic rings. The number of nitrogens with two attached hydrogens (primary N) is 2. The molecule has 0 aliphatic heterocycles. The van der Waals surface area contributed by atoms with E-state index in [1.165, 1.54) is 36.4 Å². The Bertz CT molecular complexity index is 1640. The molecule has 0 saturated carbocycles. The van der Waals surface area contributed by atoms with Gasteiger partial charge in [0.05, 0.1) is 0 Å². The van der Waals surface area contributed by atoms with E-state index in [1.807, 2.05) is 0 Å². The molecule has 9 nitrogen and oxygen atoms in total. The minimum absolute atomic E-state index is 0.0719. The molecule has 0 unspecified atom stereocenters. The minimum Gasteiger partial charge on any atom is -0.507 e. The second kappa shape index (κ2) is 7.74. The zero-order valence-electron chi connectivity index (χ0n) is 16.8. The Morgan fingerprint density at radius 2 is 1.09 bits per heavy atom. The number of rotatable bonds is 4. The van der Waals surface area contributed by atoms with E-state index in [9.17, 15) is 31.0 Å². The Balaban J connectivity index is 2.00. The highest BCUT2D eigenvalue weighted by molar-refractivity contribution is 7.86. The highest BCUT2D eigenvalue weighted by atomic mass is 32.2. The van der Waals surface area contributed by atoms with Crippen molar-refractivity contribution in [2.75, 3.05) is 11.5 Å². The topological polar surface area (TPSA) is 181 Å². The summed E-state index contributed by atoms with van der Waals surface area (Å²) in [6.07, 6.45) is 0. The van der Waals surface area contributed by atoms with E-state index in [4.69, 9.17) is 11.5 Å². The number of phenols is 1. The van der Waals surface area contributed by atoms with Crippen molar-refractivity contribution in [3.8, 4) is 28.0 Å². The molecule has 0 aromatic heterocycles. The summed E-state index contributed by atoms with van der Waals surface area (Å²) >= 11 is 0. The molecule has 170 valence electrons. The van der Waals surface area contributed by atoms with Crippen LogP contribution in [0.3, 0.4) is 0 Å². The molecule has 0 saturated heterocycles. The number of fused-ring (bicyclic) bond motifs is 1. The largest absolute Gasteiger partial charge is 0.507 e. The molecule has 33 heavy (non-hydrogen) atoms. The number of phenolic OH excluding ortho intramolecular Hbond substituents is 1. The van der Waals surface area contributed by atoms with Gasteiger partial charge in [-0.25, -0.2) is 0 Å². The van der Waals surface area contributed by atoms with E-state index in [-0.39, 0.29) is 38.7 Å². The van der Waals surface area contributed by atoms with Crippen molar-refractivity contribution in [2.45, 2.75) is 9.79 Å². The van der Waals surface area contributed by atoms with Gasteiger partial charge in [-0.05, 0) is 71.1 Å². The monoisotopic (exact) mass is 486 g/mol. The Labute approximate surface area is 189 Å². The molecule has 0 radical (unpaired) electrons. The van der Waals surface area contributed by atoms with Gasteiger partial charge in [0.15, 0.2) is 0 Å². The maximum absolute atomic E-state index is 11.8. The van der Waals surface area contributed by atoms with Crippen LogP contribution in [0.25, 0.3) is 33.0 Å². The van der Waals surface area contributed by atoms with Crippen molar-refractivity contribution in [3.63, 3.8) is 0 Å². The fourth-order valence-electron chi connectivity index (χ4n) is 3.67. The Morgan fingerprint density at radius 1 is 0.606 bits per heavy atom. The van der Waals surface area contributed by atoms with Crippen molar-refractivity contribution in [1.29, 1.82) is 0 Å². The van der Waals surface area contributed by atoms with E-state index in [0.717, 1.165) is 6.07 Å². The number of benzene rings is 4. The first-order valence-corrected chi connectivity index (χ1v) is 12.2. The van der Waals surface area contributed by atoms with Crippen LogP contribution in [0.5, 0.6) is 5.75 Å². The first-order chi connectivity index (χ1) is 15.3. The third-order valence-electron chi connectivity index (χ3n) is 5.12. The summed E-state index contributed by atoms with van der Waals surface area (Å²) in [5.41, 5.74) is 13.0. The summed E-state index contributed by atoms with van der Waals surface area (Å²) in [5.74, 6) is -0.180. The van der Waals surface area contributed by atoms with Gasteiger partial charge in [0.1, 0.15) is 15.5 Å². The maximum Gasteiger partial charge on any atom is 0.295 e. The number of hydrogen-bond donors (Lipinski definition) is 5. The minimum atomic E-state index is -4.59. The van der Waals surface area contributed by atoms with Gasteiger partial charge in [0.25, 0.3) is 20.2 Å². The van der Waals surface area contributed by atoms with Gasteiger partial charge in [0, 0.05) is 27.9 Å².